The molecular formula is C21H26N4O. The average molecular weight is 350 g/mol. The maximum absolute atomic E-state index is 12.6. The lowest BCUT2D eigenvalue weighted by Gasteiger charge is -2.25. The van der Waals surface area contributed by atoms with Gasteiger partial charge in [-0.1, -0.05) is 36.8 Å². The predicted octanol–water partition coefficient (Wildman–Crippen LogP) is 3.45. The monoisotopic (exact) mass is 350 g/mol. The number of amides is 1. The minimum atomic E-state index is -0.0461. The number of anilines is 1. The first-order valence-corrected chi connectivity index (χ1v) is 9.26. The highest BCUT2D eigenvalue weighted by Gasteiger charge is 2.21. The Morgan fingerprint density at radius 1 is 1.15 bits per heavy atom. The number of piperidine rings is 1. The zero-order valence-electron chi connectivity index (χ0n) is 15.6. The number of aromatic nitrogens is 1. The van der Waals surface area contributed by atoms with Crippen LogP contribution >= 0.6 is 0 Å². The molecule has 0 saturated carbocycles. The fourth-order valence-electron chi connectivity index (χ4n) is 3.59. The van der Waals surface area contributed by atoms with Crippen LogP contribution in [0, 0.1) is 25.2 Å². The predicted molar refractivity (Wildman–Crippen MR) is 103 cm³/mol. The summed E-state index contributed by atoms with van der Waals surface area (Å²) in [5.74, 6) is 0.573. The summed E-state index contributed by atoms with van der Waals surface area (Å²) in [4.78, 5) is 14.8. The third-order valence-corrected chi connectivity index (χ3v) is 5.20. The van der Waals surface area contributed by atoms with Crippen molar-refractivity contribution in [2.45, 2.75) is 39.7 Å². The molecule has 1 aromatic carbocycles. The first-order chi connectivity index (χ1) is 12.6. The molecule has 1 aliphatic heterocycles. The van der Waals surface area contributed by atoms with Crippen molar-refractivity contribution in [3.63, 3.8) is 0 Å². The number of benzene rings is 1. The van der Waals surface area contributed by atoms with Crippen LogP contribution in [-0.2, 0) is 11.3 Å². The summed E-state index contributed by atoms with van der Waals surface area (Å²) in [5.41, 5.74) is 3.64. The lowest BCUT2D eigenvalue weighted by atomic mass is 10.1. The Labute approximate surface area is 155 Å². The van der Waals surface area contributed by atoms with Gasteiger partial charge in [-0.25, -0.2) is 0 Å². The number of nitrogens with one attached hydrogen (secondary N) is 1. The molecule has 136 valence electrons. The molecule has 0 spiro atoms. The molecule has 5 nitrogen and oxygen atoms in total. The van der Waals surface area contributed by atoms with E-state index in [1.807, 2.05) is 36.6 Å². The van der Waals surface area contributed by atoms with E-state index in [0.29, 0.717) is 24.5 Å². The Balaban J connectivity index is 1.83. The van der Waals surface area contributed by atoms with E-state index < -0.39 is 0 Å². The smallest absolute Gasteiger partial charge is 0.239 e. The quantitative estimate of drug-likeness (QED) is 0.898. The van der Waals surface area contributed by atoms with Gasteiger partial charge in [0.25, 0.3) is 0 Å². The van der Waals surface area contributed by atoms with E-state index in [1.54, 1.807) is 0 Å². The second-order valence-electron chi connectivity index (χ2n) is 7.00. The molecule has 3 rings (SSSR count). The zero-order valence-corrected chi connectivity index (χ0v) is 15.6. The summed E-state index contributed by atoms with van der Waals surface area (Å²) in [6.07, 6.45) is 3.55. The maximum atomic E-state index is 12.6. The first kappa shape index (κ1) is 18.2. The highest BCUT2D eigenvalue weighted by molar-refractivity contribution is 5.93. The van der Waals surface area contributed by atoms with E-state index in [-0.39, 0.29) is 5.91 Å². The zero-order chi connectivity index (χ0) is 18.5. The summed E-state index contributed by atoms with van der Waals surface area (Å²) in [6, 6.07) is 12.4. The highest BCUT2D eigenvalue weighted by atomic mass is 16.2. The van der Waals surface area contributed by atoms with Gasteiger partial charge in [0.2, 0.25) is 5.91 Å². The summed E-state index contributed by atoms with van der Waals surface area (Å²) in [6.45, 7) is 6.91. The second kappa shape index (κ2) is 8.20. The van der Waals surface area contributed by atoms with Crippen LogP contribution in [0.15, 0.2) is 30.3 Å². The van der Waals surface area contributed by atoms with Crippen molar-refractivity contribution in [2.75, 3.05) is 25.0 Å². The summed E-state index contributed by atoms with van der Waals surface area (Å²) >= 11 is 0. The lowest BCUT2D eigenvalue weighted by molar-refractivity contribution is -0.117. The summed E-state index contributed by atoms with van der Waals surface area (Å²) in [7, 11) is 0. The first-order valence-electron chi connectivity index (χ1n) is 9.26. The van der Waals surface area contributed by atoms with Crippen LogP contribution in [-0.4, -0.2) is 35.0 Å². The number of nitrogens with zero attached hydrogens (tertiary/aromatic N) is 3. The van der Waals surface area contributed by atoms with Gasteiger partial charge in [-0.15, -0.1) is 0 Å². The molecule has 1 fully saturated rings. The molecule has 0 bridgehead atoms. The van der Waals surface area contributed by atoms with Gasteiger partial charge in [-0.05, 0) is 50.9 Å². The molecule has 0 radical (unpaired) electrons. The van der Waals surface area contributed by atoms with Crippen LogP contribution in [0.4, 0.5) is 5.82 Å². The minimum absolute atomic E-state index is 0.0461. The summed E-state index contributed by atoms with van der Waals surface area (Å²) < 4.78 is 2.04. The Hall–Kier alpha value is -2.58. The van der Waals surface area contributed by atoms with Crippen molar-refractivity contribution < 1.29 is 4.79 Å². The molecule has 0 aliphatic carbocycles. The van der Waals surface area contributed by atoms with Crippen molar-refractivity contribution in [1.29, 1.82) is 5.26 Å². The largest absolute Gasteiger partial charge is 0.326 e. The van der Waals surface area contributed by atoms with E-state index in [4.69, 9.17) is 0 Å². The van der Waals surface area contributed by atoms with Gasteiger partial charge in [-0.2, -0.15) is 5.26 Å². The lowest BCUT2D eigenvalue weighted by Crippen LogP contribution is -2.37. The molecule has 0 atom stereocenters. The molecular weight excluding hydrogens is 324 g/mol. The van der Waals surface area contributed by atoms with Gasteiger partial charge in [0, 0.05) is 12.2 Å². The molecule has 2 aromatic rings. The Morgan fingerprint density at radius 2 is 1.85 bits per heavy atom. The Morgan fingerprint density at radius 3 is 2.50 bits per heavy atom. The minimum Gasteiger partial charge on any atom is -0.326 e. The van der Waals surface area contributed by atoms with Crippen LogP contribution in [0.3, 0.4) is 0 Å². The van der Waals surface area contributed by atoms with Crippen LogP contribution in [0.25, 0.3) is 0 Å². The molecule has 1 saturated heterocycles. The fraction of sp³-hybridized carbons (Fsp3) is 0.429. The average Bonchev–Trinajstić information content (AvgIpc) is 2.87. The highest BCUT2D eigenvalue weighted by Crippen LogP contribution is 2.27. The van der Waals surface area contributed by atoms with Gasteiger partial charge in [0.05, 0.1) is 12.1 Å². The number of nitriles is 1. The molecule has 1 N–H and O–H groups in total. The van der Waals surface area contributed by atoms with Gasteiger partial charge in [0.15, 0.2) is 0 Å². The van der Waals surface area contributed by atoms with Gasteiger partial charge in [-0.3, -0.25) is 9.69 Å². The molecule has 0 unspecified atom stereocenters. The van der Waals surface area contributed by atoms with E-state index >= 15 is 0 Å². The third-order valence-electron chi connectivity index (χ3n) is 5.20. The fourth-order valence-corrected chi connectivity index (χ4v) is 3.59. The van der Waals surface area contributed by atoms with Crippen molar-refractivity contribution in [3.8, 4) is 6.07 Å². The molecule has 1 amide bonds. The number of carbonyl (C=O) groups excluding carboxylic acids is 1. The van der Waals surface area contributed by atoms with E-state index in [2.05, 4.69) is 28.4 Å². The number of rotatable bonds is 5. The van der Waals surface area contributed by atoms with Crippen LogP contribution < -0.4 is 5.32 Å². The van der Waals surface area contributed by atoms with Crippen molar-refractivity contribution >= 4 is 11.7 Å². The van der Waals surface area contributed by atoms with Crippen molar-refractivity contribution in [2.24, 2.45) is 0 Å². The summed E-state index contributed by atoms with van der Waals surface area (Å²) in [5, 5.41) is 12.6. The standard InChI is InChI=1S/C21H26N4O/c1-16-17(2)25(14-18-9-5-3-6-10-18)21(19(16)13-22)23-20(26)15-24-11-7-4-8-12-24/h3,5-6,9-10H,4,7-8,11-12,14-15H2,1-2H3,(H,23,26). The second-order valence-corrected chi connectivity index (χ2v) is 7.00. The van der Waals surface area contributed by atoms with E-state index in [9.17, 15) is 10.1 Å². The van der Waals surface area contributed by atoms with Gasteiger partial charge in [0.1, 0.15) is 11.9 Å². The Kier molecular flexibility index (Phi) is 5.75. The normalized spacial score (nSPS) is 14.8. The molecule has 1 aromatic heterocycles. The number of likely N-dealkylation sites (tertiary alicyclic amines) is 1. The van der Waals surface area contributed by atoms with Crippen LogP contribution in [0.5, 0.6) is 0 Å². The van der Waals surface area contributed by atoms with Crippen molar-refractivity contribution in [3.05, 3.63) is 52.7 Å². The number of carbonyl (C=O) groups is 1. The van der Waals surface area contributed by atoms with Crippen molar-refractivity contribution in [1.82, 2.24) is 9.47 Å². The topological polar surface area (TPSA) is 61.1 Å². The van der Waals surface area contributed by atoms with E-state index in [1.165, 1.54) is 6.42 Å². The third kappa shape index (κ3) is 3.97. The van der Waals surface area contributed by atoms with Gasteiger partial charge >= 0.3 is 0 Å². The molecule has 5 heteroatoms. The molecule has 2 heterocycles. The maximum Gasteiger partial charge on any atom is 0.239 e. The van der Waals surface area contributed by atoms with E-state index in [0.717, 1.165) is 42.8 Å². The number of hydrogen-bond donors (Lipinski definition) is 1. The Bertz CT molecular complexity index is 811. The van der Waals surface area contributed by atoms with Crippen LogP contribution in [0.2, 0.25) is 0 Å². The van der Waals surface area contributed by atoms with Gasteiger partial charge < -0.3 is 9.88 Å². The molecule has 26 heavy (non-hydrogen) atoms. The SMILES string of the molecule is Cc1c(C#N)c(NC(=O)CN2CCCCC2)n(Cc2ccccc2)c1C. The number of hydrogen-bond acceptors (Lipinski definition) is 3. The van der Waals surface area contributed by atoms with Crippen LogP contribution in [0.1, 0.15) is 41.6 Å². The molecule has 1 aliphatic rings.